The number of methoxy groups -OCH3 is 1. The second-order valence-electron chi connectivity index (χ2n) is 4.18. The van der Waals surface area contributed by atoms with Gasteiger partial charge < -0.3 is 4.74 Å². The predicted molar refractivity (Wildman–Crippen MR) is 67.1 cm³/mol. The van der Waals surface area contributed by atoms with Gasteiger partial charge in [0.1, 0.15) is 5.69 Å². The summed E-state index contributed by atoms with van der Waals surface area (Å²) >= 11 is 3.28. The highest BCUT2D eigenvalue weighted by atomic mass is 79.9. The zero-order valence-corrected chi connectivity index (χ0v) is 11.0. The molecule has 17 heavy (non-hydrogen) atoms. The molecule has 1 aliphatic rings. The number of ether oxygens (including phenoxy) is 1. The minimum atomic E-state index is -0.668. The van der Waals surface area contributed by atoms with E-state index in [1.165, 1.54) is 7.11 Å². The summed E-state index contributed by atoms with van der Waals surface area (Å²) in [5.41, 5.74) is 0.317. The lowest BCUT2D eigenvalue weighted by Crippen LogP contribution is -2.43. The van der Waals surface area contributed by atoms with Crippen molar-refractivity contribution in [1.29, 1.82) is 0 Å². The molecule has 1 fully saturated rings. The number of nitroso groups, excluding NO2 is 1. The Morgan fingerprint density at radius 2 is 2.18 bits per heavy atom. The van der Waals surface area contributed by atoms with Crippen LogP contribution >= 0.6 is 15.9 Å². The number of rotatable bonds is 3. The standard InChI is InChI=1S/C12H12BrNO3/c1-17-11(15)12(5-2-6-12)9-4-3-8(13)7-10(9)14-16/h3-4,7H,2,5-6H2,1H3. The van der Waals surface area contributed by atoms with Crippen LogP contribution in [-0.4, -0.2) is 13.1 Å². The number of carbonyl (C=O) groups is 1. The van der Waals surface area contributed by atoms with E-state index < -0.39 is 5.41 Å². The van der Waals surface area contributed by atoms with Crippen LogP contribution in [0.25, 0.3) is 0 Å². The summed E-state index contributed by atoms with van der Waals surface area (Å²) in [6.07, 6.45) is 2.39. The molecule has 1 saturated carbocycles. The zero-order valence-electron chi connectivity index (χ0n) is 9.40. The highest BCUT2D eigenvalue weighted by Gasteiger charge is 2.48. The number of benzene rings is 1. The van der Waals surface area contributed by atoms with Crippen molar-refractivity contribution in [1.82, 2.24) is 0 Å². The molecule has 1 aliphatic carbocycles. The maximum Gasteiger partial charge on any atom is 0.316 e. The molecule has 0 aliphatic heterocycles. The summed E-state index contributed by atoms with van der Waals surface area (Å²) in [5.74, 6) is -0.282. The first-order valence-electron chi connectivity index (χ1n) is 5.36. The fraction of sp³-hybridized carbons (Fsp3) is 0.417. The maximum atomic E-state index is 11.9. The number of esters is 1. The molecule has 0 radical (unpaired) electrons. The molecule has 90 valence electrons. The van der Waals surface area contributed by atoms with E-state index >= 15 is 0 Å². The third-order valence-electron chi connectivity index (χ3n) is 3.36. The van der Waals surface area contributed by atoms with Crippen molar-refractivity contribution < 1.29 is 9.53 Å². The van der Waals surface area contributed by atoms with Crippen molar-refractivity contribution in [3.8, 4) is 0 Å². The number of halogens is 1. The van der Waals surface area contributed by atoms with Gasteiger partial charge in [0, 0.05) is 4.47 Å². The highest BCUT2D eigenvalue weighted by Crippen LogP contribution is 2.48. The van der Waals surface area contributed by atoms with E-state index in [0.29, 0.717) is 24.1 Å². The van der Waals surface area contributed by atoms with Crippen LogP contribution in [0.15, 0.2) is 27.8 Å². The molecule has 4 nitrogen and oxygen atoms in total. The van der Waals surface area contributed by atoms with Crippen LogP contribution in [0.5, 0.6) is 0 Å². The molecular formula is C12H12BrNO3. The number of nitrogens with zero attached hydrogens (tertiary/aromatic N) is 1. The Kier molecular flexibility index (Phi) is 3.28. The fourth-order valence-electron chi connectivity index (χ4n) is 2.29. The molecule has 0 spiro atoms. The summed E-state index contributed by atoms with van der Waals surface area (Å²) in [6, 6.07) is 5.22. The molecule has 5 heteroatoms. The topological polar surface area (TPSA) is 55.7 Å². The quantitative estimate of drug-likeness (QED) is 0.634. The molecule has 0 atom stereocenters. The molecule has 0 heterocycles. The first-order valence-corrected chi connectivity index (χ1v) is 6.15. The minimum Gasteiger partial charge on any atom is -0.468 e. The normalized spacial score (nSPS) is 17.1. The minimum absolute atomic E-state index is 0.282. The highest BCUT2D eigenvalue weighted by molar-refractivity contribution is 9.10. The summed E-state index contributed by atoms with van der Waals surface area (Å²) in [4.78, 5) is 22.7. The van der Waals surface area contributed by atoms with Crippen molar-refractivity contribution in [3.05, 3.63) is 33.1 Å². The zero-order chi connectivity index (χ0) is 12.5. The van der Waals surface area contributed by atoms with Crippen LogP contribution in [0, 0.1) is 4.91 Å². The average molecular weight is 298 g/mol. The van der Waals surface area contributed by atoms with E-state index in [1.54, 1.807) is 12.1 Å². The van der Waals surface area contributed by atoms with Crippen LogP contribution in [-0.2, 0) is 14.9 Å². The Balaban J connectivity index is 2.51. The van der Waals surface area contributed by atoms with Crippen molar-refractivity contribution in [2.24, 2.45) is 5.18 Å². The molecule has 1 aromatic rings. The van der Waals surface area contributed by atoms with Gasteiger partial charge in [0.15, 0.2) is 0 Å². The van der Waals surface area contributed by atoms with E-state index in [-0.39, 0.29) is 5.97 Å². The Hall–Kier alpha value is -1.23. The van der Waals surface area contributed by atoms with E-state index in [4.69, 9.17) is 4.74 Å². The molecule has 0 amide bonds. The Labute approximate surface area is 107 Å². The molecule has 2 rings (SSSR count). The SMILES string of the molecule is COC(=O)C1(c2ccc(Br)cc2N=O)CCC1. The monoisotopic (exact) mass is 297 g/mol. The Morgan fingerprint density at radius 1 is 1.47 bits per heavy atom. The van der Waals surface area contributed by atoms with Crippen LogP contribution in [0.4, 0.5) is 5.69 Å². The van der Waals surface area contributed by atoms with Gasteiger partial charge in [-0.1, -0.05) is 28.4 Å². The second kappa shape index (κ2) is 4.56. The van der Waals surface area contributed by atoms with Gasteiger partial charge in [0.25, 0.3) is 0 Å². The van der Waals surface area contributed by atoms with Crippen LogP contribution < -0.4 is 0 Å². The molecule has 1 aromatic carbocycles. The van der Waals surface area contributed by atoms with Crippen molar-refractivity contribution >= 4 is 27.6 Å². The van der Waals surface area contributed by atoms with Gasteiger partial charge in [-0.2, -0.15) is 0 Å². The van der Waals surface area contributed by atoms with Gasteiger partial charge in [-0.3, -0.25) is 4.79 Å². The molecule has 0 N–H and O–H groups in total. The first-order chi connectivity index (χ1) is 8.14. The lowest BCUT2D eigenvalue weighted by atomic mass is 9.64. The molecule has 0 bridgehead atoms. The van der Waals surface area contributed by atoms with E-state index in [2.05, 4.69) is 21.1 Å². The third-order valence-corrected chi connectivity index (χ3v) is 3.85. The van der Waals surface area contributed by atoms with Crippen molar-refractivity contribution in [3.63, 3.8) is 0 Å². The largest absolute Gasteiger partial charge is 0.468 e. The average Bonchev–Trinajstić information content (AvgIpc) is 2.29. The molecular weight excluding hydrogens is 286 g/mol. The van der Waals surface area contributed by atoms with Crippen LogP contribution in [0.3, 0.4) is 0 Å². The third kappa shape index (κ3) is 1.88. The summed E-state index contributed by atoms with van der Waals surface area (Å²) < 4.78 is 5.62. The van der Waals surface area contributed by atoms with Crippen LogP contribution in [0.1, 0.15) is 24.8 Å². The molecule has 0 unspecified atom stereocenters. The van der Waals surface area contributed by atoms with Crippen molar-refractivity contribution in [2.45, 2.75) is 24.7 Å². The molecule has 0 aromatic heterocycles. The van der Waals surface area contributed by atoms with Crippen molar-refractivity contribution in [2.75, 3.05) is 7.11 Å². The number of hydrogen-bond acceptors (Lipinski definition) is 4. The first kappa shape index (κ1) is 12.2. The lowest BCUT2D eigenvalue weighted by Gasteiger charge is -2.39. The summed E-state index contributed by atoms with van der Waals surface area (Å²) in [6.45, 7) is 0. The Bertz CT molecular complexity index is 469. The lowest BCUT2D eigenvalue weighted by molar-refractivity contribution is -0.151. The summed E-state index contributed by atoms with van der Waals surface area (Å²) in [7, 11) is 1.37. The number of carbonyl (C=O) groups excluding carboxylic acids is 1. The van der Waals surface area contributed by atoms with E-state index in [0.717, 1.165) is 10.9 Å². The van der Waals surface area contributed by atoms with Gasteiger partial charge in [0.2, 0.25) is 0 Å². The second-order valence-corrected chi connectivity index (χ2v) is 5.10. The number of hydrogen-bond donors (Lipinski definition) is 0. The van der Waals surface area contributed by atoms with Gasteiger partial charge in [0.05, 0.1) is 12.5 Å². The summed E-state index contributed by atoms with van der Waals surface area (Å²) in [5, 5.41) is 3.01. The van der Waals surface area contributed by atoms with Gasteiger partial charge in [-0.05, 0) is 35.7 Å². The van der Waals surface area contributed by atoms with Gasteiger partial charge >= 0.3 is 5.97 Å². The molecule has 0 saturated heterocycles. The Morgan fingerprint density at radius 3 is 2.65 bits per heavy atom. The van der Waals surface area contributed by atoms with Gasteiger partial charge in [-0.15, -0.1) is 4.91 Å². The predicted octanol–water partition coefficient (Wildman–Crippen LogP) is 3.44. The smallest absolute Gasteiger partial charge is 0.316 e. The van der Waals surface area contributed by atoms with Gasteiger partial charge in [-0.25, -0.2) is 0 Å². The maximum absolute atomic E-state index is 11.9. The fourth-order valence-corrected chi connectivity index (χ4v) is 2.64. The van der Waals surface area contributed by atoms with E-state index in [9.17, 15) is 9.70 Å². The van der Waals surface area contributed by atoms with Crippen LogP contribution in [0.2, 0.25) is 0 Å². The van der Waals surface area contributed by atoms with E-state index in [1.807, 2.05) is 6.07 Å².